The van der Waals surface area contributed by atoms with Crippen molar-refractivity contribution in [2.75, 3.05) is 6.61 Å². The van der Waals surface area contributed by atoms with E-state index in [-0.39, 0.29) is 12.5 Å². The molecule has 0 spiro atoms. The summed E-state index contributed by atoms with van der Waals surface area (Å²) in [6.45, 7) is 0.256. The first-order valence-electron chi connectivity index (χ1n) is 6.17. The van der Waals surface area contributed by atoms with Crippen LogP contribution in [0.15, 0.2) is 30.5 Å². The zero-order valence-electron chi connectivity index (χ0n) is 10.7. The molecule has 1 aromatic carbocycles. The summed E-state index contributed by atoms with van der Waals surface area (Å²) in [4.78, 5) is 4.27. The summed E-state index contributed by atoms with van der Waals surface area (Å²) in [5, 5.41) is 19.0. The van der Waals surface area contributed by atoms with E-state index in [1.54, 1.807) is 12.3 Å². The van der Waals surface area contributed by atoms with Crippen molar-refractivity contribution in [2.24, 2.45) is 5.92 Å². The van der Waals surface area contributed by atoms with Gasteiger partial charge in [0.05, 0.1) is 29.8 Å². The van der Waals surface area contributed by atoms with Gasteiger partial charge in [0.25, 0.3) is 0 Å². The fourth-order valence-electron chi connectivity index (χ4n) is 1.78. The second-order valence-corrected chi connectivity index (χ2v) is 4.78. The molecule has 0 aliphatic heterocycles. The van der Waals surface area contributed by atoms with Crippen molar-refractivity contribution in [1.29, 1.82) is 10.5 Å². The van der Waals surface area contributed by atoms with Crippen LogP contribution in [0.25, 0.3) is 10.9 Å². The molecule has 1 atom stereocenters. The third-order valence-corrected chi connectivity index (χ3v) is 3.09. The standard InChI is InChI=1S/C15H12ClN3O/c16-13-3-4-15-12(6-13)7-14(9-19-15)20-10-11(8-18)2-1-5-17/h3-4,6-7,9,11H,1-2,10H2. The van der Waals surface area contributed by atoms with Crippen LogP contribution in [0.1, 0.15) is 12.8 Å². The molecule has 1 heterocycles. The molecule has 0 saturated heterocycles. The van der Waals surface area contributed by atoms with E-state index in [9.17, 15) is 0 Å². The molecule has 4 nitrogen and oxygen atoms in total. The van der Waals surface area contributed by atoms with E-state index in [1.165, 1.54) is 0 Å². The molecule has 0 fully saturated rings. The lowest BCUT2D eigenvalue weighted by Gasteiger charge is -2.10. The molecule has 100 valence electrons. The van der Waals surface area contributed by atoms with E-state index in [0.29, 0.717) is 23.6 Å². The van der Waals surface area contributed by atoms with E-state index < -0.39 is 0 Å². The number of nitrogens with zero attached hydrogens (tertiary/aromatic N) is 3. The van der Waals surface area contributed by atoms with E-state index in [4.69, 9.17) is 26.9 Å². The van der Waals surface area contributed by atoms with Crippen molar-refractivity contribution in [1.82, 2.24) is 4.98 Å². The Kier molecular flexibility index (Phi) is 4.76. The predicted octanol–water partition coefficient (Wildman–Crippen LogP) is 3.71. The molecule has 1 aromatic heterocycles. The summed E-state index contributed by atoms with van der Waals surface area (Å²) >= 11 is 5.94. The van der Waals surface area contributed by atoms with Crippen LogP contribution in [-0.4, -0.2) is 11.6 Å². The summed E-state index contributed by atoms with van der Waals surface area (Å²) in [6.07, 6.45) is 2.49. The summed E-state index contributed by atoms with van der Waals surface area (Å²) in [5.74, 6) is 0.307. The molecule has 0 saturated carbocycles. The zero-order valence-corrected chi connectivity index (χ0v) is 11.5. The molecule has 2 rings (SSSR count). The number of hydrogen-bond donors (Lipinski definition) is 0. The van der Waals surface area contributed by atoms with Crippen LogP contribution in [0.3, 0.4) is 0 Å². The number of benzene rings is 1. The van der Waals surface area contributed by atoms with Gasteiger partial charge in [0.1, 0.15) is 12.4 Å². The van der Waals surface area contributed by atoms with Gasteiger partial charge in [0, 0.05) is 16.8 Å². The number of nitriles is 2. The Hall–Kier alpha value is -2.30. The number of ether oxygens (including phenoxy) is 1. The topological polar surface area (TPSA) is 69.7 Å². The summed E-state index contributed by atoms with van der Waals surface area (Å²) in [5.41, 5.74) is 0.836. The highest BCUT2D eigenvalue weighted by Gasteiger charge is 2.08. The van der Waals surface area contributed by atoms with E-state index >= 15 is 0 Å². The molecule has 0 amide bonds. The second-order valence-electron chi connectivity index (χ2n) is 4.34. The summed E-state index contributed by atoms with van der Waals surface area (Å²) in [7, 11) is 0. The van der Waals surface area contributed by atoms with Crippen LogP contribution >= 0.6 is 11.6 Å². The van der Waals surface area contributed by atoms with Gasteiger partial charge < -0.3 is 4.74 Å². The highest BCUT2D eigenvalue weighted by atomic mass is 35.5. The molecule has 0 aliphatic carbocycles. The van der Waals surface area contributed by atoms with Gasteiger partial charge in [-0.25, -0.2) is 0 Å². The van der Waals surface area contributed by atoms with Crippen molar-refractivity contribution in [3.63, 3.8) is 0 Å². The van der Waals surface area contributed by atoms with E-state index in [0.717, 1.165) is 10.9 Å². The largest absolute Gasteiger partial charge is 0.491 e. The third-order valence-electron chi connectivity index (χ3n) is 2.86. The maximum absolute atomic E-state index is 8.97. The molecule has 0 bridgehead atoms. The molecule has 0 aliphatic rings. The normalized spacial score (nSPS) is 11.6. The van der Waals surface area contributed by atoms with Crippen LogP contribution in [0, 0.1) is 28.6 Å². The highest BCUT2D eigenvalue weighted by Crippen LogP contribution is 2.22. The van der Waals surface area contributed by atoms with Gasteiger partial charge in [-0.1, -0.05) is 11.6 Å². The van der Waals surface area contributed by atoms with Crippen LogP contribution in [-0.2, 0) is 0 Å². The maximum atomic E-state index is 8.97. The van der Waals surface area contributed by atoms with Gasteiger partial charge in [0.2, 0.25) is 0 Å². The third kappa shape index (κ3) is 3.60. The summed E-state index contributed by atoms with van der Waals surface area (Å²) in [6, 6.07) is 11.4. The van der Waals surface area contributed by atoms with Gasteiger partial charge in [-0.05, 0) is 30.7 Å². The fourth-order valence-corrected chi connectivity index (χ4v) is 1.96. The lowest BCUT2D eigenvalue weighted by atomic mass is 10.1. The average molecular weight is 286 g/mol. The first-order chi connectivity index (χ1) is 9.72. The number of hydrogen-bond acceptors (Lipinski definition) is 4. The molecule has 1 unspecified atom stereocenters. The van der Waals surface area contributed by atoms with Gasteiger partial charge in [0.15, 0.2) is 0 Å². The lowest BCUT2D eigenvalue weighted by molar-refractivity contribution is 0.273. The molecule has 20 heavy (non-hydrogen) atoms. The Labute approximate surface area is 122 Å². The minimum absolute atomic E-state index is 0.256. The SMILES string of the molecule is N#CCCC(C#N)COc1cnc2ccc(Cl)cc2c1. The number of pyridine rings is 1. The number of halogens is 1. The van der Waals surface area contributed by atoms with Gasteiger partial charge in [-0.3, -0.25) is 4.98 Å². The highest BCUT2D eigenvalue weighted by molar-refractivity contribution is 6.31. The van der Waals surface area contributed by atoms with E-state index in [1.807, 2.05) is 24.3 Å². The number of aromatic nitrogens is 1. The molecular weight excluding hydrogens is 274 g/mol. The van der Waals surface area contributed by atoms with Gasteiger partial charge in [-0.15, -0.1) is 0 Å². The monoisotopic (exact) mass is 285 g/mol. The molecular formula is C15H12ClN3O. The van der Waals surface area contributed by atoms with Crippen molar-refractivity contribution in [2.45, 2.75) is 12.8 Å². The van der Waals surface area contributed by atoms with Crippen LogP contribution in [0.4, 0.5) is 0 Å². The van der Waals surface area contributed by atoms with Gasteiger partial charge >= 0.3 is 0 Å². The lowest BCUT2D eigenvalue weighted by Crippen LogP contribution is -2.10. The molecule has 0 radical (unpaired) electrons. The Morgan fingerprint density at radius 1 is 1.30 bits per heavy atom. The van der Waals surface area contributed by atoms with Crippen molar-refractivity contribution < 1.29 is 4.74 Å². The Balaban J connectivity index is 2.06. The van der Waals surface area contributed by atoms with Crippen LogP contribution in [0.2, 0.25) is 5.02 Å². The number of fused-ring (bicyclic) bond motifs is 1. The maximum Gasteiger partial charge on any atom is 0.138 e. The Morgan fingerprint density at radius 3 is 2.90 bits per heavy atom. The van der Waals surface area contributed by atoms with Crippen molar-refractivity contribution in [3.05, 3.63) is 35.5 Å². The Morgan fingerprint density at radius 2 is 2.15 bits per heavy atom. The predicted molar refractivity (Wildman–Crippen MR) is 76.2 cm³/mol. The van der Waals surface area contributed by atoms with Crippen molar-refractivity contribution >= 4 is 22.5 Å². The smallest absolute Gasteiger partial charge is 0.138 e. The molecule has 2 aromatic rings. The van der Waals surface area contributed by atoms with Crippen molar-refractivity contribution in [3.8, 4) is 17.9 Å². The minimum Gasteiger partial charge on any atom is -0.491 e. The first-order valence-corrected chi connectivity index (χ1v) is 6.55. The Bertz CT molecular complexity index is 688. The second kappa shape index (κ2) is 6.75. The summed E-state index contributed by atoms with van der Waals surface area (Å²) < 4.78 is 5.57. The zero-order chi connectivity index (χ0) is 14.4. The fraction of sp³-hybridized carbons (Fsp3) is 0.267. The quantitative estimate of drug-likeness (QED) is 0.839. The van der Waals surface area contributed by atoms with Crippen LogP contribution in [0.5, 0.6) is 5.75 Å². The van der Waals surface area contributed by atoms with Crippen LogP contribution < -0.4 is 4.74 Å². The van der Waals surface area contributed by atoms with E-state index in [2.05, 4.69) is 11.1 Å². The first kappa shape index (κ1) is 14.1. The number of rotatable bonds is 5. The van der Waals surface area contributed by atoms with Gasteiger partial charge in [-0.2, -0.15) is 10.5 Å². The average Bonchev–Trinajstić information content (AvgIpc) is 2.47. The molecule has 5 heteroatoms. The molecule has 0 N–H and O–H groups in total. The minimum atomic E-state index is -0.287.